The molecule has 8 heteroatoms. The van der Waals surface area contributed by atoms with Crippen LogP contribution >= 0.6 is 11.3 Å². The fraction of sp³-hybridized carbons (Fsp3) is 0.200. The van der Waals surface area contributed by atoms with Crippen LogP contribution in [0.15, 0.2) is 29.6 Å². The number of hydrogen-bond acceptors (Lipinski definition) is 4. The minimum absolute atomic E-state index is 0.167. The monoisotopic (exact) mass is 340 g/mol. The van der Waals surface area contributed by atoms with E-state index < -0.39 is 35.2 Å². The normalized spacial score (nSPS) is 11.8. The van der Waals surface area contributed by atoms with Crippen LogP contribution in [0.4, 0.5) is 14.5 Å². The van der Waals surface area contributed by atoms with E-state index in [9.17, 15) is 23.5 Å². The molecule has 2 amide bonds. The molecular weight excluding hydrogens is 326 g/mol. The highest BCUT2D eigenvalue weighted by Gasteiger charge is 2.18. The SMILES string of the molecule is Cc1ccsc1C(O)CNC(=O)C(=O)Nc1cc(F)ccc1F. The smallest absolute Gasteiger partial charge is 0.313 e. The molecule has 0 aliphatic rings. The average Bonchev–Trinajstić information content (AvgIpc) is 2.94. The van der Waals surface area contributed by atoms with Gasteiger partial charge in [-0.1, -0.05) is 0 Å². The Morgan fingerprint density at radius 3 is 2.65 bits per heavy atom. The number of aliphatic hydroxyl groups is 1. The molecule has 5 nitrogen and oxygen atoms in total. The fourth-order valence-electron chi connectivity index (χ4n) is 1.86. The molecule has 0 radical (unpaired) electrons. The van der Waals surface area contributed by atoms with Gasteiger partial charge in [-0.25, -0.2) is 8.78 Å². The molecule has 1 atom stereocenters. The van der Waals surface area contributed by atoms with Crippen LogP contribution in [0, 0.1) is 18.6 Å². The van der Waals surface area contributed by atoms with Gasteiger partial charge in [0.2, 0.25) is 0 Å². The van der Waals surface area contributed by atoms with Gasteiger partial charge >= 0.3 is 11.8 Å². The van der Waals surface area contributed by atoms with Crippen molar-refractivity contribution < 1.29 is 23.5 Å². The Morgan fingerprint density at radius 1 is 1.26 bits per heavy atom. The summed E-state index contributed by atoms with van der Waals surface area (Å²) in [4.78, 5) is 24.0. The third kappa shape index (κ3) is 4.33. The van der Waals surface area contributed by atoms with Gasteiger partial charge in [-0.15, -0.1) is 11.3 Å². The number of amides is 2. The lowest BCUT2D eigenvalue weighted by Gasteiger charge is -2.11. The van der Waals surface area contributed by atoms with E-state index in [0.717, 1.165) is 23.8 Å². The maximum Gasteiger partial charge on any atom is 0.313 e. The third-order valence-corrected chi connectivity index (χ3v) is 4.16. The Kier molecular flexibility index (Phi) is 5.41. The van der Waals surface area contributed by atoms with E-state index in [-0.39, 0.29) is 6.54 Å². The number of anilines is 1. The molecule has 0 spiro atoms. The molecule has 0 aliphatic heterocycles. The summed E-state index contributed by atoms with van der Waals surface area (Å²) in [6.45, 7) is 1.65. The summed E-state index contributed by atoms with van der Waals surface area (Å²) in [5.41, 5.74) is 0.447. The van der Waals surface area contributed by atoms with E-state index in [1.807, 2.05) is 18.3 Å². The third-order valence-electron chi connectivity index (χ3n) is 3.04. The molecule has 1 aromatic heterocycles. The Morgan fingerprint density at radius 2 is 2.00 bits per heavy atom. The molecule has 2 aromatic rings. The molecule has 3 N–H and O–H groups in total. The summed E-state index contributed by atoms with van der Waals surface area (Å²) in [7, 11) is 0. The van der Waals surface area contributed by atoms with E-state index in [1.54, 1.807) is 5.38 Å². The van der Waals surface area contributed by atoms with Crippen LogP contribution in [0.5, 0.6) is 0 Å². The minimum atomic E-state index is -1.15. The van der Waals surface area contributed by atoms with Gasteiger partial charge in [-0.3, -0.25) is 9.59 Å². The molecule has 0 bridgehead atoms. The second-order valence-electron chi connectivity index (χ2n) is 4.77. The van der Waals surface area contributed by atoms with Crippen molar-refractivity contribution in [3.63, 3.8) is 0 Å². The number of rotatable bonds is 4. The van der Waals surface area contributed by atoms with Crippen molar-refractivity contribution in [1.29, 1.82) is 0 Å². The Hall–Kier alpha value is -2.32. The number of aliphatic hydroxyl groups excluding tert-OH is 1. The molecule has 122 valence electrons. The fourth-order valence-corrected chi connectivity index (χ4v) is 2.77. The minimum Gasteiger partial charge on any atom is -0.386 e. The zero-order chi connectivity index (χ0) is 17.0. The maximum atomic E-state index is 13.4. The van der Waals surface area contributed by atoms with E-state index in [2.05, 4.69) is 5.32 Å². The van der Waals surface area contributed by atoms with Crippen LogP contribution in [0.2, 0.25) is 0 Å². The summed E-state index contributed by atoms with van der Waals surface area (Å²) in [5.74, 6) is -3.81. The van der Waals surface area contributed by atoms with Crippen LogP contribution in [-0.2, 0) is 9.59 Å². The first-order chi connectivity index (χ1) is 10.9. The molecule has 2 rings (SSSR count). The van der Waals surface area contributed by atoms with Crippen molar-refractivity contribution in [2.24, 2.45) is 0 Å². The van der Waals surface area contributed by atoms with E-state index in [0.29, 0.717) is 4.88 Å². The van der Waals surface area contributed by atoms with Crippen LogP contribution < -0.4 is 10.6 Å². The van der Waals surface area contributed by atoms with E-state index >= 15 is 0 Å². The number of nitrogens with one attached hydrogen (secondary N) is 2. The number of benzene rings is 1. The lowest BCUT2D eigenvalue weighted by atomic mass is 10.2. The molecule has 1 unspecified atom stereocenters. The number of thiophene rings is 1. The van der Waals surface area contributed by atoms with Gasteiger partial charge in [0.25, 0.3) is 0 Å². The largest absolute Gasteiger partial charge is 0.386 e. The topological polar surface area (TPSA) is 78.4 Å². The zero-order valence-electron chi connectivity index (χ0n) is 12.1. The summed E-state index contributed by atoms with van der Waals surface area (Å²) >= 11 is 1.33. The molecule has 0 saturated heterocycles. The maximum absolute atomic E-state index is 13.4. The second-order valence-corrected chi connectivity index (χ2v) is 5.72. The quantitative estimate of drug-likeness (QED) is 0.746. The summed E-state index contributed by atoms with van der Waals surface area (Å²) in [6.07, 6.45) is -0.947. The van der Waals surface area contributed by atoms with Crippen LogP contribution in [0.25, 0.3) is 0 Å². The van der Waals surface area contributed by atoms with Gasteiger partial charge in [0.1, 0.15) is 17.7 Å². The molecule has 0 aliphatic carbocycles. The van der Waals surface area contributed by atoms with Crippen molar-refractivity contribution in [1.82, 2.24) is 5.32 Å². The second kappa shape index (κ2) is 7.30. The number of carbonyl (C=O) groups is 2. The first-order valence-electron chi connectivity index (χ1n) is 6.64. The molecule has 0 fully saturated rings. The van der Waals surface area contributed by atoms with Gasteiger partial charge in [0, 0.05) is 17.5 Å². The zero-order valence-corrected chi connectivity index (χ0v) is 12.9. The summed E-state index contributed by atoms with van der Waals surface area (Å²) in [6, 6.07) is 4.33. The molecule has 0 saturated carbocycles. The van der Waals surface area contributed by atoms with E-state index in [4.69, 9.17) is 0 Å². The Balaban J connectivity index is 1.91. The molecular formula is C15H14F2N2O3S. The number of aryl methyl sites for hydroxylation is 1. The van der Waals surface area contributed by atoms with Gasteiger partial charge in [-0.05, 0) is 36.1 Å². The summed E-state index contributed by atoms with van der Waals surface area (Å²) in [5, 5.41) is 16.0. The van der Waals surface area contributed by atoms with Gasteiger partial charge < -0.3 is 15.7 Å². The van der Waals surface area contributed by atoms with Crippen LogP contribution in [0.3, 0.4) is 0 Å². The average molecular weight is 340 g/mol. The predicted octanol–water partition coefficient (Wildman–Crippen LogP) is 2.12. The number of halogens is 2. The lowest BCUT2D eigenvalue weighted by Crippen LogP contribution is -2.37. The van der Waals surface area contributed by atoms with E-state index in [1.165, 1.54) is 11.3 Å². The number of carbonyl (C=O) groups excluding carboxylic acids is 2. The highest BCUT2D eigenvalue weighted by Crippen LogP contribution is 2.23. The van der Waals surface area contributed by atoms with Crippen LogP contribution in [0.1, 0.15) is 16.5 Å². The first-order valence-corrected chi connectivity index (χ1v) is 7.52. The van der Waals surface area contributed by atoms with Gasteiger partial charge in [0.15, 0.2) is 0 Å². The molecule has 1 heterocycles. The van der Waals surface area contributed by atoms with Gasteiger partial charge in [0.05, 0.1) is 5.69 Å². The van der Waals surface area contributed by atoms with Crippen molar-refractivity contribution in [2.75, 3.05) is 11.9 Å². The van der Waals surface area contributed by atoms with Crippen molar-refractivity contribution >= 4 is 28.8 Å². The Labute approximate surface area is 135 Å². The summed E-state index contributed by atoms with van der Waals surface area (Å²) < 4.78 is 26.4. The van der Waals surface area contributed by atoms with Gasteiger partial charge in [-0.2, -0.15) is 0 Å². The highest BCUT2D eigenvalue weighted by molar-refractivity contribution is 7.10. The predicted molar refractivity (Wildman–Crippen MR) is 82.0 cm³/mol. The van der Waals surface area contributed by atoms with Crippen molar-refractivity contribution in [2.45, 2.75) is 13.0 Å². The number of hydrogen-bond donors (Lipinski definition) is 3. The molecule has 1 aromatic carbocycles. The van der Waals surface area contributed by atoms with Crippen molar-refractivity contribution in [3.05, 3.63) is 51.7 Å². The highest BCUT2D eigenvalue weighted by atomic mass is 32.1. The Bertz CT molecular complexity index is 733. The van der Waals surface area contributed by atoms with Crippen molar-refractivity contribution in [3.8, 4) is 0 Å². The van der Waals surface area contributed by atoms with Crippen LogP contribution in [-0.4, -0.2) is 23.5 Å². The lowest BCUT2D eigenvalue weighted by molar-refractivity contribution is -0.136. The molecule has 23 heavy (non-hydrogen) atoms. The standard InChI is InChI=1S/C15H14F2N2O3S/c1-8-4-5-23-13(8)12(20)7-18-14(21)15(22)19-11-6-9(16)2-3-10(11)17/h2-6,12,20H,7H2,1H3,(H,18,21)(H,19,22). The first kappa shape index (κ1) is 17.0.